The van der Waals surface area contributed by atoms with Crippen molar-refractivity contribution < 1.29 is 29.2 Å². The third-order valence-electron chi connectivity index (χ3n) is 2.39. The van der Waals surface area contributed by atoms with Crippen molar-refractivity contribution in [3.05, 3.63) is 35.9 Å². The van der Waals surface area contributed by atoms with E-state index in [-0.39, 0.29) is 11.1 Å². The van der Waals surface area contributed by atoms with Gasteiger partial charge >= 0.3 is 0 Å². The monoisotopic (exact) mass is 254 g/mol. The first kappa shape index (κ1) is 12.0. The Labute approximate surface area is 100.0 Å². The molecule has 0 heterocycles. The summed E-state index contributed by atoms with van der Waals surface area (Å²) in [5.41, 5.74) is -0.414. The van der Waals surface area contributed by atoms with E-state index in [1.54, 1.807) is 0 Å². The number of phenols is 4. The Hall–Kier alpha value is -2.50. The van der Waals surface area contributed by atoms with Gasteiger partial charge in [-0.15, -0.1) is 0 Å². The van der Waals surface area contributed by atoms with Gasteiger partial charge in [-0.05, 0) is 17.7 Å². The van der Waals surface area contributed by atoms with Gasteiger partial charge in [-0.1, -0.05) is 0 Å². The van der Waals surface area contributed by atoms with Gasteiger partial charge in [0.15, 0.2) is 17.4 Å². The summed E-state index contributed by atoms with van der Waals surface area (Å²) < 4.78 is 26.3. The van der Waals surface area contributed by atoms with Crippen molar-refractivity contribution in [2.45, 2.75) is 0 Å². The zero-order valence-corrected chi connectivity index (χ0v) is 8.85. The molecule has 0 unspecified atom stereocenters. The van der Waals surface area contributed by atoms with Gasteiger partial charge in [0.1, 0.15) is 17.2 Å². The summed E-state index contributed by atoms with van der Waals surface area (Å²) in [6.07, 6.45) is 0. The van der Waals surface area contributed by atoms with E-state index >= 15 is 0 Å². The quantitative estimate of drug-likeness (QED) is 0.630. The first-order valence-corrected chi connectivity index (χ1v) is 4.83. The van der Waals surface area contributed by atoms with Crippen LogP contribution >= 0.6 is 0 Å². The van der Waals surface area contributed by atoms with Crippen LogP contribution in [-0.4, -0.2) is 20.4 Å². The number of hydrogen-bond acceptors (Lipinski definition) is 4. The zero-order chi connectivity index (χ0) is 13.4. The number of hydrogen-bond donors (Lipinski definition) is 4. The van der Waals surface area contributed by atoms with Crippen molar-refractivity contribution in [1.82, 2.24) is 0 Å². The normalized spacial score (nSPS) is 10.6. The first-order valence-electron chi connectivity index (χ1n) is 4.83. The fourth-order valence-corrected chi connectivity index (χ4v) is 1.60. The molecule has 0 aliphatic carbocycles. The van der Waals surface area contributed by atoms with Crippen LogP contribution < -0.4 is 0 Å². The van der Waals surface area contributed by atoms with Gasteiger partial charge in [0, 0.05) is 12.1 Å². The molecule has 0 atom stereocenters. The number of aromatic hydroxyl groups is 4. The Balaban J connectivity index is 2.70. The Kier molecular flexibility index (Phi) is 2.70. The van der Waals surface area contributed by atoms with Gasteiger partial charge < -0.3 is 20.4 Å². The van der Waals surface area contributed by atoms with Crippen molar-refractivity contribution in [3.63, 3.8) is 0 Å². The maximum Gasteiger partial charge on any atom is 0.187 e. The van der Waals surface area contributed by atoms with E-state index in [2.05, 4.69) is 0 Å². The SMILES string of the molecule is Oc1cc(O)c(-c2cc(F)c(O)c(F)c2)c(O)c1. The highest BCUT2D eigenvalue weighted by Gasteiger charge is 2.16. The predicted octanol–water partition coefficient (Wildman–Crippen LogP) is 2.45. The highest BCUT2D eigenvalue weighted by Crippen LogP contribution is 2.41. The second-order valence-electron chi connectivity index (χ2n) is 3.65. The van der Waals surface area contributed by atoms with Crippen LogP contribution in [0.25, 0.3) is 11.1 Å². The number of phenolic OH excluding ortho intramolecular Hbond substituents is 4. The molecule has 2 aromatic rings. The third-order valence-corrected chi connectivity index (χ3v) is 2.39. The summed E-state index contributed by atoms with van der Waals surface area (Å²) >= 11 is 0. The van der Waals surface area contributed by atoms with Crippen molar-refractivity contribution >= 4 is 0 Å². The molecule has 0 saturated carbocycles. The van der Waals surface area contributed by atoms with Gasteiger partial charge in [-0.2, -0.15) is 0 Å². The van der Waals surface area contributed by atoms with Crippen molar-refractivity contribution in [3.8, 4) is 34.1 Å². The van der Waals surface area contributed by atoms with Crippen molar-refractivity contribution in [2.75, 3.05) is 0 Å². The molecule has 0 spiro atoms. The topological polar surface area (TPSA) is 80.9 Å². The minimum Gasteiger partial charge on any atom is -0.508 e. The molecule has 0 aliphatic heterocycles. The molecule has 6 heteroatoms. The lowest BCUT2D eigenvalue weighted by Crippen LogP contribution is -1.87. The molecule has 0 fully saturated rings. The molecule has 18 heavy (non-hydrogen) atoms. The van der Waals surface area contributed by atoms with E-state index in [4.69, 9.17) is 10.2 Å². The molecule has 4 N–H and O–H groups in total. The Morgan fingerprint density at radius 2 is 1.17 bits per heavy atom. The maximum atomic E-state index is 13.2. The number of benzene rings is 2. The fourth-order valence-electron chi connectivity index (χ4n) is 1.60. The average Bonchev–Trinajstić information content (AvgIpc) is 2.24. The Morgan fingerprint density at radius 3 is 1.61 bits per heavy atom. The molecule has 0 amide bonds. The summed E-state index contributed by atoms with van der Waals surface area (Å²) in [6, 6.07) is 3.34. The molecule has 0 aliphatic rings. The summed E-state index contributed by atoms with van der Waals surface area (Å²) in [4.78, 5) is 0. The Morgan fingerprint density at radius 1 is 0.722 bits per heavy atom. The highest BCUT2D eigenvalue weighted by atomic mass is 19.1. The summed E-state index contributed by atoms with van der Waals surface area (Å²) in [7, 11) is 0. The minimum absolute atomic E-state index is 0.169. The average molecular weight is 254 g/mol. The van der Waals surface area contributed by atoms with E-state index < -0.39 is 34.6 Å². The van der Waals surface area contributed by atoms with Crippen LogP contribution in [0.4, 0.5) is 8.78 Å². The summed E-state index contributed by atoms with van der Waals surface area (Å²) in [6.45, 7) is 0. The lowest BCUT2D eigenvalue weighted by atomic mass is 10.0. The van der Waals surface area contributed by atoms with E-state index in [0.29, 0.717) is 0 Å². The smallest absolute Gasteiger partial charge is 0.187 e. The van der Waals surface area contributed by atoms with Gasteiger partial charge in [-0.25, -0.2) is 8.78 Å². The zero-order valence-electron chi connectivity index (χ0n) is 8.85. The molecular formula is C12H8F2O4. The molecule has 0 aromatic heterocycles. The van der Waals surface area contributed by atoms with Gasteiger partial charge in [0.05, 0.1) is 5.56 Å². The van der Waals surface area contributed by atoms with Crippen LogP contribution in [0.2, 0.25) is 0 Å². The van der Waals surface area contributed by atoms with Crippen molar-refractivity contribution in [2.24, 2.45) is 0 Å². The fraction of sp³-hybridized carbons (Fsp3) is 0. The summed E-state index contributed by atoms with van der Waals surface area (Å²) in [5, 5.41) is 37.2. The molecule has 4 nitrogen and oxygen atoms in total. The molecule has 0 bridgehead atoms. The number of rotatable bonds is 1. The van der Waals surface area contributed by atoms with Gasteiger partial charge in [0.2, 0.25) is 0 Å². The lowest BCUT2D eigenvalue weighted by molar-refractivity contribution is 0.396. The minimum atomic E-state index is -1.23. The van der Waals surface area contributed by atoms with Crippen LogP contribution in [0.5, 0.6) is 23.0 Å². The first-order chi connectivity index (χ1) is 8.40. The van der Waals surface area contributed by atoms with Crippen molar-refractivity contribution in [1.29, 1.82) is 0 Å². The molecule has 94 valence electrons. The summed E-state index contributed by atoms with van der Waals surface area (Å²) in [5.74, 6) is -5.08. The second kappa shape index (κ2) is 4.06. The van der Waals surface area contributed by atoms with Gasteiger partial charge in [0.25, 0.3) is 0 Å². The maximum absolute atomic E-state index is 13.2. The van der Waals surface area contributed by atoms with E-state index in [0.717, 1.165) is 24.3 Å². The molecule has 2 rings (SSSR count). The predicted molar refractivity (Wildman–Crippen MR) is 58.5 cm³/mol. The lowest BCUT2D eigenvalue weighted by Gasteiger charge is -2.09. The molecule has 0 saturated heterocycles. The van der Waals surface area contributed by atoms with Crippen LogP contribution in [0, 0.1) is 11.6 Å². The van der Waals surface area contributed by atoms with E-state index in [1.165, 1.54) is 0 Å². The van der Waals surface area contributed by atoms with Crippen LogP contribution in [0.15, 0.2) is 24.3 Å². The van der Waals surface area contributed by atoms with Gasteiger partial charge in [-0.3, -0.25) is 0 Å². The third kappa shape index (κ3) is 1.88. The highest BCUT2D eigenvalue weighted by molar-refractivity contribution is 5.77. The van der Waals surface area contributed by atoms with Crippen LogP contribution in [-0.2, 0) is 0 Å². The largest absolute Gasteiger partial charge is 0.508 e. The Bertz CT molecular complexity index is 579. The van der Waals surface area contributed by atoms with Crippen LogP contribution in [0.1, 0.15) is 0 Å². The molecule has 0 radical (unpaired) electrons. The van der Waals surface area contributed by atoms with Crippen LogP contribution in [0.3, 0.4) is 0 Å². The van der Waals surface area contributed by atoms with E-state index in [1.807, 2.05) is 0 Å². The second-order valence-corrected chi connectivity index (χ2v) is 3.65. The molecular weight excluding hydrogens is 246 g/mol. The molecule has 2 aromatic carbocycles. The number of halogens is 2. The standard InChI is InChI=1S/C12H8F2O4/c13-7-1-5(2-8(14)12(7)18)11-9(16)3-6(15)4-10(11)17/h1-4,15-18H. The van der Waals surface area contributed by atoms with E-state index in [9.17, 15) is 19.0 Å².